The number of likely N-dealkylation sites (N-methyl/N-ethyl adjacent to an activating group) is 1. The van der Waals surface area contributed by atoms with Crippen molar-refractivity contribution in [2.75, 3.05) is 40.9 Å². The van der Waals surface area contributed by atoms with Crippen molar-refractivity contribution in [1.29, 1.82) is 0 Å². The molecule has 9 nitrogen and oxygen atoms in total. The molecule has 1 N–H and O–H groups in total. The molecule has 71 heavy (non-hydrogen) atoms. The number of hydrogen-bond acceptors (Lipinski definition) is 7. The van der Waals surface area contributed by atoms with E-state index in [1.807, 2.05) is 33.3 Å². The Morgan fingerprint density at radius 3 is 1.24 bits per heavy atom. The predicted molar refractivity (Wildman–Crippen MR) is 303 cm³/mol. The smallest absolute Gasteiger partial charge is 0.306 e. The van der Waals surface area contributed by atoms with Gasteiger partial charge in [0.2, 0.25) is 5.91 Å². The molecule has 0 aliphatic heterocycles. The van der Waals surface area contributed by atoms with E-state index in [1.54, 1.807) is 0 Å². The van der Waals surface area contributed by atoms with E-state index < -0.39 is 20.0 Å². The van der Waals surface area contributed by atoms with Gasteiger partial charge in [-0.15, -0.1) is 0 Å². The number of ether oxygens (including phenoxy) is 1. The molecule has 0 bridgehead atoms. The van der Waals surface area contributed by atoms with E-state index in [0.717, 1.165) is 83.5 Å². The number of allylic oxidation sites excluding steroid dienone is 5. The molecule has 3 atom stereocenters. The fraction of sp³-hybridized carbons (Fsp3) is 0.869. The lowest BCUT2D eigenvalue weighted by molar-refractivity contribution is -0.870. The third kappa shape index (κ3) is 52.9. The van der Waals surface area contributed by atoms with E-state index >= 15 is 0 Å². The molecule has 0 aliphatic rings. The first kappa shape index (κ1) is 69.2. The number of quaternary nitrogens is 1. The fourth-order valence-electron chi connectivity index (χ4n) is 8.79. The molecule has 3 unspecified atom stereocenters. The average Bonchev–Trinajstić information content (AvgIpc) is 3.33. The lowest BCUT2D eigenvalue weighted by Crippen LogP contribution is -2.47. The van der Waals surface area contributed by atoms with Crippen molar-refractivity contribution in [2.24, 2.45) is 0 Å². The molecule has 0 aromatic heterocycles. The summed E-state index contributed by atoms with van der Waals surface area (Å²) >= 11 is 0. The van der Waals surface area contributed by atoms with E-state index in [2.05, 4.69) is 50.4 Å². The van der Waals surface area contributed by atoms with Crippen LogP contribution in [0.1, 0.15) is 290 Å². The summed E-state index contributed by atoms with van der Waals surface area (Å²) < 4.78 is 30.2. The molecule has 0 aromatic rings. The number of nitrogens with zero attached hydrogens (tertiary/aromatic N) is 1. The minimum atomic E-state index is -4.69. The van der Waals surface area contributed by atoms with E-state index in [9.17, 15) is 19.0 Å². The van der Waals surface area contributed by atoms with Crippen LogP contribution in [0.2, 0.25) is 0 Å². The maximum absolute atomic E-state index is 13.5. The minimum Gasteiger partial charge on any atom is -0.756 e. The van der Waals surface area contributed by atoms with Gasteiger partial charge in [0.25, 0.3) is 7.82 Å². The lowest BCUT2D eigenvalue weighted by atomic mass is 10.0. The summed E-state index contributed by atoms with van der Waals surface area (Å²) in [6.45, 7) is 6.82. The van der Waals surface area contributed by atoms with Crippen molar-refractivity contribution >= 4 is 19.7 Å². The van der Waals surface area contributed by atoms with E-state index in [0.29, 0.717) is 17.4 Å². The standard InChI is InChI=1S/C61H117N2O7P/c1-7-10-13-16-19-22-25-27-28-29-30-31-32-33-34-36-39-41-44-47-50-53-60(64)62-58(57-69-71(66,67)68-56-55-63(4,5)6)59(52-49-46-43-40-38-35-26-23-20-17-14-11-8-2)70-61(65)54-51-48-45-42-37-24-21-18-15-12-9-3/h18,21,27-28,49,52,58-59H,7-17,19-20,22-26,29-48,50-51,53-57H2,1-6H3,(H-,62,64,66,67)/b21-18-,28-27+,52-49+. The molecule has 418 valence electrons. The van der Waals surface area contributed by atoms with Gasteiger partial charge < -0.3 is 28.5 Å². The molecule has 0 spiro atoms. The van der Waals surface area contributed by atoms with Crippen LogP contribution >= 0.6 is 7.82 Å². The molecule has 0 heterocycles. The molecular formula is C61H117N2O7P. The Morgan fingerprint density at radius 2 is 0.831 bits per heavy atom. The van der Waals surface area contributed by atoms with Crippen molar-refractivity contribution in [3.05, 3.63) is 36.5 Å². The molecule has 0 saturated heterocycles. The fourth-order valence-corrected chi connectivity index (χ4v) is 9.52. The van der Waals surface area contributed by atoms with Gasteiger partial charge in [0.05, 0.1) is 33.8 Å². The first-order chi connectivity index (χ1) is 34.4. The Hall–Kier alpha value is -1.77. The molecule has 0 saturated carbocycles. The number of nitrogens with one attached hydrogen (secondary N) is 1. The quantitative estimate of drug-likeness (QED) is 0.0212. The third-order valence-electron chi connectivity index (χ3n) is 13.5. The highest BCUT2D eigenvalue weighted by Gasteiger charge is 2.27. The monoisotopic (exact) mass is 1020 g/mol. The number of esters is 1. The summed E-state index contributed by atoms with van der Waals surface area (Å²) in [7, 11) is 1.19. The van der Waals surface area contributed by atoms with Gasteiger partial charge in [-0.2, -0.15) is 0 Å². The van der Waals surface area contributed by atoms with Crippen molar-refractivity contribution in [3.63, 3.8) is 0 Å². The van der Waals surface area contributed by atoms with Crippen molar-refractivity contribution in [2.45, 2.75) is 303 Å². The van der Waals surface area contributed by atoms with Crippen LogP contribution in [0.25, 0.3) is 0 Å². The largest absolute Gasteiger partial charge is 0.756 e. The summed E-state index contributed by atoms with van der Waals surface area (Å²) in [6, 6.07) is -0.888. The first-order valence-corrected chi connectivity index (χ1v) is 31.8. The summed E-state index contributed by atoms with van der Waals surface area (Å²) in [5.41, 5.74) is 0. The Labute approximate surface area is 440 Å². The van der Waals surface area contributed by atoms with Gasteiger partial charge in [-0.05, 0) is 76.7 Å². The zero-order valence-corrected chi connectivity index (χ0v) is 48.6. The van der Waals surface area contributed by atoms with E-state index in [4.69, 9.17) is 13.8 Å². The molecule has 0 aromatic carbocycles. The van der Waals surface area contributed by atoms with Gasteiger partial charge in [0.15, 0.2) is 0 Å². The van der Waals surface area contributed by atoms with Crippen LogP contribution in [0.4, 0.5) is 0 Å². The van der Waals surface area contributed by atoms with Crippen LogP contribution in [0.15, 0.2) is 36.5 Å². The Bertz CT molecular complexity index is 1310. The first-order valence-electron chi connectivity index (χ1n) is 30.3. The summed E-state index contributed by atoms with van der Waals surface area (Å²) in [6.07, 6.45) is 61.1. The van der Waals surface area contributed by atoms with Crippen LogP contribution in [0.3, 0.4) is 0 Å². The Balaban J connectivity index is 5.20. The molecule has 0 radical (unpaired) electrons. The van der Waals surface area contributed by atoms with Crippen molar-refractivity contribution < 1.29 is 37.3 Å². The van der Waals surface area contributed by atoms with Gasteiger partial charge >= 0.3 is 5.97 Å². The normalized spacial score (nSPS) is 14.0. The van der Waals surface area contributed by atoms with Gasteiger partial charge in [0, 0.05) is 12.8 Å². The number of phosphoric acid groups is 1. The second kappa shape index (κ2) is 51.7. The molecular weight excluding hydrogens is 904 g/mol. The zero-order valence-electron chi connectivity index (χ0n) is 47.7. The highest BCUT2D eigenvalue weighted by molar-refractivity contribution is 7.45. The minimum absolute atomic E-state index is 0.0221. The summed E-state index contributed by atoms with van der Waals surface area (Å²) in [5, 5.41) is 3.03. The second-order valence-corrected chi connectivity index (χ2v) is 23.3. The lowest BCUT2D eigenvalue weighted by Gasteiger charge is -2.30. The van der Waals surface area contributed by atoms with Crippen molar-refractivity contribution in [1.82, 2.24) is 5.32 Å². The molecule has 0 aliphatic carbocycles. The second-order valence-electron chi connectivity index (χ2n) is 21.8. The van der Waals surface area contributed by atoms with Crippen molar-refractivity contribution in [3.8, 4) is 0 Å². The van der Waals surface area contributed by atoms with E-state index in [-0.39, 0.29) is 31.5 Å². The van der Waals surface area contributed by atoms with Crippen LogP contribution < -0.4 is 10.2 Å². The Morgan fingerprint density at radius 1 is 0.479 bits per heavy atom. The molecule has 0 fully saturated rings. The van der Waals surface area contributed by atoms with Crippen LogP contribution in [0, 0.1) is 0 Å². The van der Waals surface area contributed by atoms with E-state index in [1.165, 1.54) is 173 Å². The SMILES string of the molecule is CCCC/C=C\CCCCCCCC(=O)OC(/C=C/CCCCCCCCCCCCC)C(COP(=O)([O-])OCC[N+](C)(C)C)NC(=O)CCCCCCCCCCCCC/C=C/CCCCCCCC. The van der Waals surface area contributed by atoms with Gasteiger partial charge in [0.1, 0.15) is 19.3 Å². The highest BCUT2D eigenvalue weighted by Crippen LogP contribution is 2.38. The molecule has 10 heteroatoms. The van der Waals surface area contributed by atoms with Gasteiger partial charge in [-0.25, -0.2) is 0 Å². The maximum Gasteiger partial charge on any atom is 0.306 e. The molecule has 0 rings (SSSR count). The number of rotatable bonds is 55. The summed E-state index contributed by atoms with van der Waals surface area (Å²) in [5.74, 6) is -0.544. The molecule has 1 amide bonds. The number of amides is 1. The van der Waals surface area contributed by atoms with Crippen LogP contribution in [-0.4, -0.2) is 69.4 Å². The number of unbranched alkanes of at least 4 members (excludes halogenated alkanes) is 35. The number of phosphoric ester groups is 1. The number of hydrogen-bond donors (Lipinski definition) is 1. The highest BCUT2D eigenvalue weighted by atomic mass is 31.2. The van der Waals surface area contributed by atoms with Gasteiger partial charge in [-0.3, -0.25) is 14.2 Å². The predicted octanol–water partition coefficient (Wildman–Crippen LogP) is 17.7. The Kier molecular flexibility index (Phi) is 50.4. The maximum atomic E-state index is 13.5. The van der Waals surface area contributed by atoms with Crippen LogP contribution in [0.5, 0.6) is 0 Å². The summed E-state index contributed by atoms with van der Waals surface area (Å²) in [4.78, 5) is 39.9. The number of carbonyl (C=O) groups is 2. The van der Waals surface area contributed by atoms with Gasteiger partial charge in [-0.1, -0.05) is 237 Å². The average molecular weight is 1020 g/mol. The third-order valence-corrected chi connectivity index (χ3v) is 14.5. The topological polar surface area (TPSA) is 114 Å². The zero-order chi connectivity index (χ0) is 52.2. The van der Waals surface area contributed by atoms with Crippen LogP contribution in [-0.2, 0) is 27.9 Å². The number of carbonyl (C=O) groups excluding carboxylic acids is 2.